The van der Waals surface area contributed by atoms with Crippen molar-refractivity contribution in [3.63, 3.8) is 0 Å². The molecule has 2 N–H and O–H groups in total. The summed E-state index contributed by atoms with van der Waals surface area (Å²) in [5.41, 5.74) is 0.193. The minimum atomic E-state index is -3.37. The second-order valence-corrected chi connectivity index (χ2v) is 5.86. The number of nitrogens with zero attached hydrogens (tertiary/aromatic N) is 1. The lowest BCUT2D eigenvalue weighted by Crippen LogP contribution is -2.25. The van der Waals surface area contributed by atoms with Gasteiger partial charge in [0, 0.05) is 36.7 Å². The number of benzene rings is 1. The fourth-order valence-electron chi connectivity index (χ4n) is 2.14. The van der Waals surface area contributed by atoms with Gasteiger partial charge in [-0.1, -0.05) is 13.8 Å². The van der Waals surface area contributed by atoms with Crippen molar-refractivity contribution in [3.8, 4) is 5.75 Å². The van der Waals surface area contributed by atoms with Gasteiger partial charge >= 0.3 is 6.11 Å². The molecule has 9 heteroatoms. The average molecular weight is 395 g/mol. The van der Waals surface area contributed by atoms with Crippen molar-refractivity contribution >= 4 is 17.6 Å². The minimum Gasteiger partial charge on any atom is -0.433 e. The van der Waals surface area contributed by atoms with E-state index in [9.17, 15) is 22.8 Å². The second-order valence-electron chi connectivity index (χ2n) is 5.86. The normalized spacial score (nSPS) is 11.0. The van der Waals surface area contributed by atoms with Crippen LogP contribution in [-0.4, -0.2) is 22.9 Å². The highest BCUT2D eigenvalue weighted by Gasteiger charge is 2.28. The zero-order valence-electron chi connectivity index (χ0n) is 15.4. The Hall–Kier alpha value is -3.10. The molecule has 1 heterocycles. The Morgan fingerprint density at radius 3 is 2.61 bits per heavy atom. The van der Waals surface area contributed by atoms with Crippen LogP contribution in [0.25, 0.3) is 0 Å². The summed E-state index contributed by atoms with van der Waals surface area (Å²) < 4.78 is 45.1. The van der Waals surface area contributed by atoms with Gasteiger partial charge in [0.05, 0.1) is 0 Å². The molecule has 1 aromatic heterocycles. The Morgan fingerprint density at radius 1 is 1.18 bits per heavy atom. The summed E-state index contributed by atoms with van der Waals surface area (Å²) in [6.07, 6.45) is -2.29. The smallest absolute Gasteiger partial charge is 0.397 e. The number of carbonyl (C=O) groups excluding carboxylic acids is 2. The van der Waals surface area contributed by atoms with Crippen LogP contribution in [0.15, 0.2) is 36.5 Å². The van der Waals surface area contributed by atoms with Crippen LogP contribution < -0.4 is 15.4 Å². The zero-order valence-corrected chi connectivity index (χ0v) is 15.4. The number of rotatable bonds is 8. The first kappa shape index (κ1) is 21.2. The molecule has 1 aromatic carbocycles. The van der Waals surface area contributed by atoms with Crippen LogP contribution >= 0.6 is 0 Å². The van der Waals surface area contributed by atoms with Gasteiger partial charge in [0.15, 0.2) is 0 Å². The number of nitrogens with one attached hydrogen (secondary N) is 2. The van der Waals surface area contributed by atoms with Crippen LogP contribution in [0, 0.1) is 5.82 Å². The zero-order chi connectivity index (χ0) is 20.7. The molecule has 2 aromatic rings. The number of amides is 2. The number of ether oxygens (including phenoxy) is 1. The van der Waals surface area contributed by atoms with E-state index < -0.39 is 24.3 Å². The monoisotopic (exact) mass is 395 g/mol. The first-order valence-electron chi connectivity index (χ1n) is 8.63. The van der Waals surface area contributed by atoms with Crippen LogP contribution in [0.4, 0.5) is 19.0 Å². The molecule has 2 amide bonds. The number of carbonyl (C=O) groups is 2. The summed E-state index contributed by atoms with van der Waals surface area (Å²) in [6.45, 7) is 2.70. The fourth-order valence-corrected chi connectivity index (χ4v) is 2.14. The van der Waals surface area contributed by atoms with Gasteiger partial charge < -0.3 is 15.4 Å². The molecule has 0 atom stereocenters. The molecule has 0 radical (unpaired) electrons. The SMILES string of the molecule is CCC(=O)Nc1cc(C(=O)NCc2cc(OC(F)(F)CC)ccc2F)ccn1. The van der Waals surface area contributed by atoms with Gasteiger partial charge in [-0.25, -0.2) is 9.37 Å². The highest BCUT2D eigenvalue weighted by atomic mass is 19.3. The van der Waals surface area contributed by atoms with Crippen LogP contribution in [0.5, 0.6) is 5.75 Å². The van der Waals surface area contributed by atoms with Gasteiger partial charge in [0.25, 0.3) is 5.91 Å². The number of halogens is 3. The first-order valence-corrected chi connectivity index (χ1v) is 8.63. The number of hydrogen-bond donors (Lipinski definition) is 2. The largest absolute Gasteiger partial charge is 0.433 e. The Morgan fingerprint density at radius 2 is 1.93 bits per heavy atom. The minimum absolute atomic E-state index is 0.00804. The third-order valence-electron chi connectivity index (χ3n) is 3.75. The lowest BCUT2D eigenvalue weighted by molar-refractivity contribution is -0.177. The maximum Gasteiger partial charge on any atom is 0.397 e. The first-order chi connectivity index (χ1) is 13.2. The molecule has 0 aliphatic heterocycles. The standard InChI is InChI=1S/C19H20F3N3O3/c1-3-17(26)25-16-10-12(7-8-23-16)18(27)24-11-13-9-14(5-6-15(13)20)28-19(21,22)4-2/h5-10H,3-4,11H2,1-2H3,(H,24,27)(H,23,25,26). The van der Waals surface area contributed by atoms with Crippen molar-refractivity contribution in [2.45, 2.75) is 39.3 Å². The van der Waals surface area contributed by atoms with Gasteiger partial charge in [0.2, 0.25) is 5.91 Å². The maximum absolute atomic E-state index is 13.9. The Bertz CT molecular complexity index is 859. The van der Waals surface area contributed by atoms with E-state index in [4.69, 9.17) is 0 Å². The molecule has 0 bridgehead atoms. The van der Waals surface area contributed by atoms with Gasteiger partial charge in [-0.15, -0.1) is 0 Å². The van der Waals surface area contributed by atoms with Gasteiger partial charge in [-0.3, -0.25) is 9.59 Å². The quantitative estimate of drug-likeness (QED) is 0.711. The molecular weight excluding hydrogens is 375 g/mol. The third kappa shape index (κ3) is 5.97. The molecule has 0 unspecified atom stereocenters. The van der Waals surface area contributed by atoms with Gasteiger partial charge in [0.1, 0.15) is 17.4 Å². The molecule has 28 heavy (non-hydrogen) atoms. The van der Waals surface area contributed by atoms with Crippen LogP contribution in [0.2, 0.25) is 0 Å². The number of anilines is 1. The van der Waals surface area contributed by atoms with Crippen molar-refractivity contribution in [2.24, 2.45) is 0 Å². The molecule has 150 valence electrons. The number of alkyl halides is 2. The Balaban J connectivity index is 2.06. The van der Waals surface area contributed by atoms with Crippen molar-refractivity contribution < 1.29 is 27.5 Å². The molecule has 2 rings (SSSR count). The van der Waals surface area contributed by atoms with Crippen molar-refractivity contribution in [1.82, 2.24) is 10.3 Å². The summed E-state index contributed by atoms with van der Waals surface area (Å²) >= 11 is 0. The van der Waals surface area contributed by atoms with E-state index >= 15 is 0 Å². The topological polar surface area (TPSA) is 80.3 Å². The number of hydrogen-bond acceptors (Lipinski definition) is 4. The Kier molecular flexibility index (Phi) is 6.97. The average Bonchev–Trinajstić information content (AvgIpc) is 2.68. The lowest BCUT2D eigenvalue weighted by Gasteiger charge is -2.17. The van der Waals surface area contributed by atoms with Gasteiger partial charge in [-0.2, -0.15) is 8.78 Å². The van der Waals surface area contributed by atoms with E-state index in [1.54, 1.807) is 6.92 Å². The third-order valence-corrected chi connectivity index (χ3v) is 3.75. The lowest BCUT2D eigenvalue weighted by atomic mass is 10.2. The van der Waals surface area contributed by atoms with Crippen molar-refractivity contribution in [3.05, 3.63) is 53.5 Å². The van der Waals surface area contributed by atoms with E-state index in [1.807, 2.05) is 0 Å². The molecular formula is C19H20F3N3O3. The number of aromatic nitrogens is 1. The number of pyridine rings is 1. The van der Waals surface area contributed by atoms with E-state index in [0.717, 1.165) is 18.2 Å². The molecule has 0 spiro atoms. The van der Waals surface area contributed by atoms with E-state index in [0.29, 0.717) is 0 Å². The van der Waals surface area contributed by atoms with E-state index in [2.05, 4.69) is 20.4 Å². The summed E-state index contributed by atoms with van der Waals surface area (Å²) in [5, 5.41) is 5.02. The van der Waals surface area contributed by atoms with Crippen LogP contribution in [0.3, 0.4) is 0 Å². The maximum atomic E-state index is 13.9. The van der Waals surface area contributed by atoms with Crippen LogP contribution in [-0.2, 0) is 11.3 Å². The second kappa shape index (κ2) is 9.20. The summed E-state index contributed by atoms with van der Waals surface area (Å²) in [4.78, 5) is 27.6. The van der Waals surface area contributed by atoms with E-state index in [1.165, 1.54) is 25.3 Å². The van der Waals surface area contributed by atoms with Crippen molar-refractivity contribution in [1.29, 1.82) is 0 Å². The summed E-state index contributed by atoms with van der Waals surface area (Å²) in [6, 6.07) is 6.00. The molecule has 0 fully saturated rings. The summed E-state index contributed by atoms with van der Waals surface area (Å²) in [7, 11) is 0. The van der Waals surface area contributed by atoms with Crippen molar-refractivity contribution in [2.75, 3.05) is 5.32 Å². The highest BCUT2D eigenvalue weighted by Crippen LogP contribution is 2.26. The molecule has 0 saturated carbocycles. The molecule has 6 nitrogen and oxygen atoms in total. The predicted octanol–water partition coefficient (Wildman–Crippen LogP) is 3.88. The predicted molar refractivity (Wildman–Crippen MR) is 96.6 cm³/mol. The Labute approximate surface area is 160 Å². The van der Waals surface area contributed by atoms with Gasteiger partial charge in [-0.05, 0) is 30.3 Å². The van der Waals surface area contributed by atoms with Crippen LogP contribution in [0.1, 0.15) is 42.6 Å². The summed E-state index contributed by atoms with van der Waals surface area (Å²) in [5.74, 6) is -1.46. The van der Waals surface area contributed by atoms with E-state index in [-0.39, 0.29) is 41.6 Å². The fraction of sp³-hybridized carbons (Fsp3) is 0.316. The molecule has 0 saturated heterocycles. The molecule has 0 aliphatic rings. The molecule has 0 aliphatic carbocycles. The highest BCUT2D eigenvalue weighted by molar-refractivity contribution is 5.96.